The van der Waals surface area contributed by atoms with Gasteiger partial charge in [-0.1, -0.05) is 54.4 Å². The molecule has 4 atom stereocenters. The van der Waals surface area contributed by atoms with E-state index in [2.05, 4.69) is 41.5 Å². The third-order valence-corrected chi connectivity index (χ3v) is 5.45. The van der Waals surface area contributed by atoms with Crippen LogP contribution >= 0.6 is 0 Å². The van der Waals surface area contributed by atoms with Crippen molar-refractivity contribution < 1.29 is 0 Å². The van der Waals surface area contributed by atoms with Crippen LogP contribution < -0.4 is 0 Å². The molecule has 0 amide bonds. The van der Waals surface area contributed by atoms with Crippen LogP contribution in [0.25, 0.3) is 0 Å². The predicted molar refractivity (Wildman–Crippen MR) is 78.1 cm³/mol. The van der Waals surface area contributed by atoms with Crippen molar-refractivity contribution >= 4 is 0 Å². The minimum atomic E-state index is 0.609. The van der Waals surface area contributed by atoms with Gasteiger partial charge in [0.2, 0.25) is 0 Å². The van der Waals surface area contributed by atoms with Gasteiger partial charge in [-0.2, -0.15) is 0 Å². The molecule has 1 aliphatic carbocycles. The van der Waals surface area contributed by atoms with Crippen molar-refractivity contribution in [1.82, 2.24) is 0 Å². The van der Waals surface area contributed by atoms with Crippen molar-refractivity contribution in [2.75, 3.05) is 0 Å². The minimum Gasteiger partial charge on any atom is -0.0654 e. The quantitative estimate of drug-likeness (QED) is 0.573. The molecule has 0 bridgehead atoms. The largest absolute Gasteiger partial charge is 0.0654 e. The SMILES string of the molecule is CCCCC1(C)CC(C)C(C)CC(C)C(C)C1. The molecule has 0 aromatic heterocycles. The maximum atomic E-state index is 2.56. The zero-order chi connectivity index (χ0) is 13.1. The highest BCUT2D eigenvalue weighted by atomic mass is 14.4. The fraction of sp³-hybridized carbons (Fsp3) is 1.00. The molecule has 0 nitrogen and oxygen atoms in total. The molecular weight excluding hydrogens is 204 g/mol. The molecule has 102 valence electrons. The van der Waals surface area contributed by atoms with Crippen LogP contribution in [0.5, 0.6) is 0 Å². The highest BCUT2D eigenvalue weighted by Crippen LogP contribution is 2.45. The van der Waals surface area contributed by atoms with Gasteiger partial charge in [0.05, 0.1) is 0 Å². The van der Waals surface area contributed by atoms with E-state index in [1.807, 2.05) is 0 Å². The number of hydrogen-bond acceptors (Lipinski definition) is 0. The lowest BCUT2D eigenvalue weighted by atomic mass is 9.64. The van der Waals surface area contributed by atoms with E-state index in [9.17, 15) is 0 Å². The topological polar surface area (TPSA) is 0 Å². The minimum absolute atomic E-state index is 0.609. The van der Waals surface area contributed by atoms with Crippen LogP contribution in [0.3, 0.4) is 0 Å². The summed E-state index contributed by atoms with van der Waals surface area (Å²) in [4.78, 5) is 0. The van der Waals surface area contributed by atoms with Gasteiger partial charge < -0.3 is 0 Å². The Morgan fingerprint density at radius 1 is 0.882 bits per heavy atom. The third-order valence-electron chi connectivity index (χ3n) is 5.45. The maximum Gasteiger partial charge on any atom is -0.0321 e. The average Bonchev–Trinajstić information content (AvgIpc) is 2.24. The summed E-state index contributed by atoms with van der Waals surface area (Å²) in [5, 5.41) is 0. The molecule has 0 spiro atoms. The third kappa shape index (κ3) is 4.30. The molecule has 1 aliphatic rings. The van der Waals surface area contributed by atoms with E-state index < -0.39 is 0 Å². The Balaban J connectivity index is 2.74. The van der Waals surface area contributed by atoms with E-state index in [1.165, 1.54) is 38.5 Å². The van der Waals surface area contributed by atoms with Crippen LogP contribution in [-0.2, 0) is 0 Å². The van der Waals surface area contributed by atoms with Crippen molar-refractivity contribution in [3.05, 3.63) is 0 Å². The fourth-order valence-corrected chi connectivity index (χ4v) is 3.90. The van der Waals surface area contributed by atoms with Crippen LogP contribution in [0, 0.1) is 29.1 Å². The number of unbranched alkanes of at least 4 members (excludes halogenated alkanes) is 1. The standard InChI is InChI=1S/C17H34/c1-7-8-9-17(6)11-15(4)13(2)10-14(3)16(5)12-17/h13-16H,7-12H2,1-6H3. The van der Waals surface area contributed by atoms with Crippen molar-refractivity contribution in [1.29, 1.82) is 0 Å². The van der Waals surface area contributed by atoms with Gasteiger partial charge in [0.25, 0.3) is 0 Å². The molecule has 4 unspecified atom stereocenters. The first-order chi connectivity index (χ1) is 7.88. The molecule has 0 N–H and O–H groups in total. The van der Waals surface area contributed by atoms with E-state index in [-0.39, 0.29) is 0 Å². The fourth-order valence-electron chi connectivity index (χ4n) is 3.90. The summed E-state index contributed by atoms with van der Waals surface area (Å²) in [6, 6.07) is 0. The molecule has 0 saturated heterocycles. The summed E-state index contributed by atoms with van der Waals surface area (Å²) in [7, 11) is 0. The maximum absolute atomic E-state index is 2.56. The first kappa shape index (κ1) is 15.1. The lowest BCUT2D eigenvalue weighted by molar-refractivity contribution is 0.0920. The molecule has 1 saturated carbocycles. The van der Waals surface area contributed by atoms with Crippen molar-refractivity contribution in [3.63, 3.8) is 0 Å². The van der Waals surface area contributed by atoms with Crippen molar-refractivity contribution in [2.45, 2.75) is 80.1 Å². The van der Waals surface area contributed by atoms with E-state index in [1.54, 1.807) is 0 Å². The monoisotopic (exact) mass is 238 g/mol. The molecule has 0 aromatic carbocycles. The Bertz CT molecular complexity index is 202. The Labute approximate surface area is 110 Å². The summed E-state index contributed by atoms with van der Waals surface area (Å²) in [5.41, 5.74) is 0.609. The normalized spacial score (nSPS) is 44.1. The zero-order valence-electron chi connectivity index (χ0n) is 13.1. The van der Waals surface area contributed by atoms with Crippen molar-refractivity contribution in [3.8, 4) is 0 Å². The molecular formula is C17H34. The van der Waals surface area contributed by atoms with Crippen LogP contribution in [0.4, 0.5) is 0 Å². The van der Waals surface area contributed by atoms with Crippen LogP contribution in [-0.4, -0.2) is 0 Å². The predicted octanol–water partition coefficient (Wildman–Crippen LogP) is 5.91. The molecule has 0 aliphatic heterocycles. The summed E-state index contributed by atoms with van der Waals surface area (Å²) in [6.45, 7) is 14.8. The van der Waals surface area contributed by atoms with E-state index in [4.69, 9.17) is 0 Å². The van der Waals surface area contributed by atoms with Gasteiger partial charge in [-0.05, 0) is 54.8 Å². The van der Waals surface area contributed by atoms with E-state index in [0.29, 0.717) is 5.41 Å². The highest BCUT2D eigenvalue weighted by molar-refractivity contribution is 4.85. The molecule has 1 fully saturated rings. The Kier molecular flexibility index (Phi) is 5.54. The number of rotatable bonds is 3. The smallest absolute Gasteiger partial charge is 0.0321 e. The second-order valence-corrected chi connectivity index (χ2v) is 7.47. The average molecular weight is 238 g/mol. The first-order valence-corrected chi connectivity index (χ1v) is 7.88. The molecule has 0 aromatic rings. The molecule has 0 heterocycles. The van der Waals surface area contributed by atoms with Gasteiger partial charge in [-0.3, -0.25) is 0 Å². The van der Waals surface area contributed by atoms with Crippen LogP contribution in [0.1, 0.15) is 80.1 Å². The zero-order valence-corrected chi connectivity index (χ0v) is 13.1. The van der Waals surface area contributed by atoms with Crippen LogP contribution in [0.15, 0.2) is 0 Å². The van der Waals surface area contributed by atoms with Gasteiger partial charge in [-0.25, -0.2) is 0 Å². The summed E-state index contributed by atoms with van der Waals surface area (Å²) in [5.74, 6) is 3.64. The van der Waals surface area contributed by atoms with Gasteiger partial charge in [0.15, 0.2) is 0 Å². The van der Waals surface area contributed by atoms with Gasteiger partial charge in [-0.15, -0.1) is 0 Å². The lowest BCUT2D eigenvalue weighted by Gasteiger charge is -2.41. The Morgan fingerprint density at radius 3 is 1.76 bits per heavy atom. The summed E-state index contributed by atoms with van der Waals surface area (Å²) in [6.07, 6.45) is 8.54. The van der Waals surface area contributed by atoms with Gasteiger partial charge >= 0.3 is 0 Å². The van der Waals surface area contributed by atoms with Crippen molar-refractivity contribution in [2.24, 2.45) is 29.1 Å². The van der Waals surface area contributed by atoms with Crippen LogP contribution in [0.2, 0.25) is 0 Å². The Hall–Kier alpha value is 0. The highest BCUT2D eigenvalue weighted by Gasteiger charge is 2.34. The van der Waals surface area contributed by atoms with E-state index >= 15 is 0 Å². The summed E-state index contributed by atoms with van der Waals surface area (Å²) >= 11 is 0. The second-order valence-electron chi connectivity index (χ2n) is 7.47. The van der Waals surface area contributed by atoms with Gasteiger partial charge in [0.1, 0.15) is 0 Å². The van der Waals surface area contributed by atoms with E-state index in [0.717, 1.165) is 23.7 Å². The molecule has 1 rings (SSSR count). The Morgan fingerprint density at radius 2 is 1.35 bits per heavy atom. The summed E-state index contributed by atoms with van der Waals surface area (Å²) < 4.78 is 0. The molecule has 0 radical (unpaired) electrons. The molecule has 0 heteroatoms. The first-order valence-electron chi connectivity index (χ1n) is 7.88. The number of hydrogen-bond donors (Lipinski definition) is 0. The van der Waals surface area contributed by atoms with Gasteiger partial charge in [0, 0.05) is 0 Å². The molecule has 17 heavy (non-hydrogen) atoms. The lowest BCUT2D eigenvalue weighted by Crippen LogP contribution is -2.31. The second kappa shape index (κ2) is 6.25.